The molecule has 2 aromatic heterocycles. The van der Waals surface area contributed by atoms with Gasteiger partial charge < -0.3 is 10.5 Å². The standard InChI is InChI=1S/C27H20N2O2S/c1-31-22-15-9-8-14-19(22)20-16-21(17-10-4-2-5-11-17)29-27-23(20)24(28)26(32-27)25(30)18-12-6-3-7-13-18/h2-16H,28H2,1H3. The summed E-state index contributed by atoms with van der Waals surface area (Å²) in [5.41, 5.74) is 11.3. The Morgan fingerprint density at radius 3 is 2.25 bits per heavy atom. The number of fused-ring (bicyclic) bond motifs is 1. The maximum absolute atomic E-state index is 13.2. The highest BCUT2D eigenvalue weighted by atomic mass is 32.1. The molecule has 0 aliphatic rings. The maximum atomic E-state index is 13.2. The molecular weight excluding hydrogens is 416 g/mol. The van der Waals surface area contributed by atoms with Gasteiger partial charge in [0.1, 0.15) is 15.5 Å². The minimum absolute atomic E-state index is 0.0988. The number of hydrogen-bond donors (Lipinski definition) is 1. The van der Waals surface area contributed by atoms with E-state index in [2.05, 4.69) is 0 Å². The Bertz CT molecular complexity index is 1430. The third-order valence-corrected chi connectivity index (χ3v) is 6.51. The molecule has 5 aromatic rings. The van der Waals surface area contributed by atoms with E-state index in [9.17, 15) is 4.79 Å². The van der Waals surface area contributed by atoms with Crippen molar-refractivity contribution < 1.29 is 9.53 Å². The highest BCUT2D eigenvalue weighted by Crippen LogP contribution is 2.44. The number of aromatic nitrogens is 1. The van der Waals surface area contributed by atoms with Crippen LogP contribution in [0.5, 0.6) is 5.75 Å². The number of ether oxygens (including phenoxy) is 1. The molecule has 0 aliphatic carbocycles. The number of rotatable bonds is 5. The Morgan fingerprint density at radius 2 is 1.53 bits per heavy atom. The van der Waals surface area contributed by atoms with Crippen molar-refractivity contribution >= 4 is 33.0 Å². The lowest BCUT2D eigenvalue weighted by atomic mass is 9.98. The molecule has 0 fully saturated rings. The van der Waals surface area contributed by atoms with E-state index >= 15 is 0 Å². The van der Waals surface area contributed by atoms with E-state index in [0.29, 0.717) is 16.1 Å². The quantitative estimate of drug-likeness (QED) is 0.322. The molecule has 5 rings (SSSR count). The Morgan fingerprint density at radius 1 is 0.875 bits per heavy atom. The molecule has 0 saturated carbocycles. The smallest absolute Gasteiger partial charge is 0.205 e. The number of carbonyl (C=O) groups excluding carboxylic acids is 1. The van der Waals surface area contributed by atoms with Crippen molar-refractivity contribution in [3.8, 4) is 28.1 Å². The van der Waals surface area contributed by atoms with Gasteiger partial charge in [0.05, 0.1) is 18.5 Å². The lowest BCUT2D eigenvalue weighted by molar-refractivity contribution is 0.104. The summed E-state index contributed by atoms with van der Waals surface area (Å²) in [7, 11) is 1.65. The zero-order valence-corrected chi connectivity index (χ0v) is 18.2. The molecule has 156 valence electrons. The number of hydrogen-bond acceptors (Lipinski definition) is 5. The molecule has 0 radical (unpaired) electrons. The largest absolute Gasteiger partial charge is 0.496 e. The Labute approximate surface area is 189 Å². The lowest BCUT2D eigenvalue weighted by Crippen LogP contribution is -2.02. The van der Waals surface area contributed by atoms with Crippen molar-refractivity contribution in [1.29, 1.82) is 0 Å². The number of methoxy groups -OCH3 is 1. The second-order valence-electron chi connectivity index (χ2n) is 7.34. The Balaban J connectivity index is 1.80. The summed E-state index contributed by atoms with van der Waals surface area (Å²) in [6.07, 6.45) is 0. The van der Waals surface area contributed by atoms with E-state index in [1.54, 1.807) is 19.2 Å². The highest BCUT2D eigenvalue weighted by Gasteiger charge is 2.23. The summed E-state index contributed by atoms with van der Waals surface area (Å²) in [6.45, 7) is 0. The fourth-order valence-electron chi connectivity index (χ4n) is 3.85. The van der Waals surface area contributed by atoms with Crippen molar-refractivity contribution in [3.63, 3.8) is 0 Å². The number of anilines is 1. The van der Waals surface area contributed by atoms with Gasteiger partial charge in [-0.3, -0.25) is 4.79 Å². The van der Waals surface area contributed by atoms with E-state index in [0.717, 1.165) is 38.4 Å². The van der Waals surface area contributed by atoms with Gasteiger partial charge in [-0.1, -0.05) is 78.9 Å². The predicted octanol–water partition coefficient (Wildman–Crippen LogP) is 6.45. The fourth-order valence-corrected chi connectivity index (χ4v) is 4.93. The molecule has 32 heavy (non-hydrogen) atoms. The molecule has 0 bridgehead atoms. The molecule has 0 unspecified atom stereocenters. The highest BCUT2D eigenvalue weighted by molar-refractivity contribution is 7.21. The monoisotopic (exact) mass is 436 g/mol. The number of nitrogens with two attached hydrogens (primary N) is 1. The molecule has 0 atom stereocenters. The first kappa shape index (κ1) is 20.0. The van der Waals surface area contributed by atoms with Crippen LogP contribution in [0, 0.1) is 0 Å². The normalized spacial score (nSPS) is 10.9. The van der Waals surface area contributed by atoms with E-state index in [-0.39, 0.29) is 5.78 Å². The molecule has 2 heterocycles. The summed E-state index contributed by atoms with van der Waals surface area (Å²) in [5, 5.41) is 0.776. The van der Waals surface area contributed by atoms with Gasteiger partial charge in [-0.15, -0.1) is 11.3 Å². The Hall–Kier alpha value is -3.96. The molecule has 0 saturated heterocycles. The van der Waals surface area contributed by atoms with Crippen LogP contribution in [0.15, 0.2) is 91.0 Å². The third kappa shape index (κ3) is 3.43. The summed E-state index contributed by atoms with van der Waals surface area (Å²) in [4.78, 5) is 19.4. The van der Waals surface area contributed by atoms with E-state index in [1.165, 1.54) is 11.3 Å². The lowest BCUT2D eigenvalue weighted by Gasteiger charge is -2.12. The number of pyridine rings is 1. The van der Waals surface area contributed by atoms with Gasteiger partial charge >= 0.3 is 0 Å². The van der Waals surface area contributed by atoms with Crippen LogP contribution in [-0.2, 0) is 0 Å². The van der Waals surface area contributed by atoms with Gasteiger partial charge in [0, 0.05) is 22.1 Å². The number of benzene rings is 3. The average Bonchev–Trinajstić information content (AvgIpc) is 3.20. The summed E-state index contributed by atoms with van der Waals surface area (Å²) >= 11 is 1.33. The zero-order chi connectivity index (χ0) is 22.1. The van der Waals surface area contributed by atoms with Crippen LogP contribution in [0.4, 0.5) is 5.69 Å². The van der Waals surface area contributed by atoms with Gasteiger partial charge in [0.15, 0.2) is 0 Å². The number of carbonyl (C=O) groups is 1. The number of nitrogen functional groups attached to an aromatic ring is 1. The van der Waals surface area contributed by atoms with Crippen molar-refractivity contribution in [1.82, 2.24) is 4.98 Å². The fraction of sp³-hybridized carbons (Fsp3) is 0.0370. The molecule has 5 heteroatoms. The molecule has 2 N–H and O–H groups in total. The van der Waals surface area contributed by atoms with Gasteiger partial charge in [-0.2, -0.15) is 0 Å². The van der Waals surface area contributed by atoms with Crippen LogP contribution >= 0.6 is 11.3 Å². The van der Waals surface area contributed by atoms with Crippen molar-refractivity contribution in [2.45, 2.75) is 0 Å². The summed E-state index contributed by atoms with van der Waals surface area (Å²) in [6, 6.07) is 29.0. The second-order valence-corrected chi connectivity index (χ2v) is 8.34. The number of nitrogens with zero attached hydrogens (tertiary/aromatic N) is 1. The SMILES string of the molecule is COc1ccccc1-c1cc(-c2ccccc2)nc2sc(C(=O)c3ccccc3)c(N)c12. The van der Waals surface area contributed by atoms with Crippen LogP contribution in [0.3, 0.4) is 0 Å². The molecule has 0 spiro atoms. The van der Waals surface area contributed by atoms with E-state index in [1.807, 2.05) is 78.9 Å². The minimum Gasteiger partial charge on any atom is -0.496 e. The van der Waals surface area contributed by atoms with Gasteiger partial charge in [0.2, 0.25) is 5.78 Å². The van der Waals surface area contributed by atoms with Crippen molar-refractivity contribution in [2.24, 2.45) is 0 Å². The third-order valence-electron chi connectivity index (χ3n) is 5.41. The molecule has 4 nitrogen and oxygen atoms in total. The number of para-hydroxylation sites is 1. The van der Waals surface area contributed by atoms with Gasteiger partial charge in [0.25, 0.3) is 0 Å². The van der Waals surface area contributed by atoms with Gasteiger partial charge in [-0.05, 0) is 17.7 Å². The van der Waals surface area contributed by atoms with Crippen LogP contribution in [-0.4, -0.2) is 17.9 Å². The van der Waals surface area contributed by atoms with Crippen molar-refractivity contribution in [3.05, 3.63) is 101 Å². The molecular formula is C27H20N2O2S. The summed E-state index contributed by atoms with van der Waals surface area (Å²) in [5.74, 6) is 0.638. The van der Waals surface area contributed by atoms with Crippen LogP contribution in [0.25, 0.3) is 32.6 Å². The number of thiophene rings is 1. The predicted molar refractivity (Wildman–Crippen MR) is 131 cm³/mol. The molecule has 0 amide bonds. The number of ketones is 1. The molecule has 3 aromatic carbocycles. The topological polar surface area (TPSA) is 65.2 Å². The first-order valence-electron chi connectivity index (χ1n) is 10.2. The Kier molecular flexibility index (Phi) is 5.17. The average molecular weight is 437 g/mol. The zero-order valence-electron chi connectivity index (χ0n) is 17.4. The van der Waals surface area contributed by atoms with Crippen LogP contribution in [0.1, 0.15) is 15.2 Å². The van der Waals surface area contributed by atoms with E-state index < -0.39 is 0 Å². The first-order valence-corrected chi connectivity index (χ1v) is 11.0. The van der Waals surface area contributed by atoms with Gasteiger partial charge in [-0.25, -0.2) is 4.98 Å². The van der Waals surface area contributed by atoms with Crippen molar-refractivity contribution in [2.75, 3.05) is 12.8 Å². The van der Waals surface area contributed by atoms with Crippen LogP contribution in [0.2, 0.25) is 0 Å². The molecule has 0 aliphatic heterocycles. The minimum atomic E-state index is -0.0988. The maximum Gasteiger partial charge on any atom is 0.205 e. The summed E-state index contributed by atoms with van der Waals surface area (Å²) < 4.78 is 5.63. The second kappa shape index (κ2) is 8.29. The first-order chi connectivity index (χ1) is 15.7. The van der Waals surface area contributed by atoms with Crippen LogP contribution < -0.4 is 10.5 Å². The van der Waals surface area contributed by atoms with E-state index in [4.69, 9.17) is 15.5 Å².